The van der Waals surface area contributed by atoms with E-state index < -0.39 is 0 Å². The lowest BCUT2D eigenvalue weighted by Gasteiger charge is -2.20. The minimum absolute atomic E-state index is 0.0969. The van der Waals surface area contributed by atoms with Crippen LogP contribution in [0.5, 0.6) is 0 Å². The number of rotatable bonds is 9. The standard InChI is InChI=1S/C14H20BrNO3/c1-18-9-7-16(8-10-19-2)11-14(17)12-5-3-4-6-13(12)15/h3-6H,7-11H2,1-2H3. The Morgan fingerprint density at radius 1 is 1.16 bits per heavy atom. The fourth-order valence-electron chi connectivity index (χ4n) is 1.69. The molecule has 0 N–H and O–H groups in total. The molecular formula is C14H20BrNO3. The van der Waals surface area contributed by atoms with Crippen molar-refractivity contribution in [3.8, 4) is 0 Å². The summed E-state index contributed by atoms with van der Waals surface area (Å²) >= 11 is 3.40. The van der Waals surface area contributed by atoms with E-state index in [2.05, 4.69) is 15.9 Å². The monoisotopic (exact) mass is 329 g/mol. The lowest BCUT2D eigenvalue weighted by atomic mass is 10.1. The zero-order valence-corrected chi connectivity index (χ0v) is 13.0. The Morgan fingerprint density at radius 2 is 1.74 bits per heavy atom. The highest BCUT2D eigenvalue weighted by molar-refractivity contribution is 9.10. The van der Waals surface area contributed by atoms with E-state index in [9.17, 15) is 4.79 Å². The second-order valence-corrected chi connectivity index (χ2v) is 5.02. The van der Waals surface area contributed by atoms with Crippen LogP contribution in [0.3, 0.4) is 0 Å². The zero-order chi connectivity index (χ0) is 14.1. The normalized spacial score (nSPS) is 10.9. The van der Waals surface area contributed by atoms with Gasteiger partial charge in [-0.3, -0.25) is 9.69 Å². The van der Waals surface area contributed by atoms with Crippen LogP contribution >= 0.6 is 15.9 Å². The third kappa shape index (κ3) is 5.82. The smallest absolute Gasteiger partial charge is 0.177 e. The molecular weight excluding hydrogens is 310 g/mol. The van der Waals surface area contributed by atoms with Crippen molar-refractivity contribution in [3.05, 3.63) is 34.3 Å². The molecule has 0 heterocycles. The van der Waals surface area contributed by atoms with Crippen LogP contribution in [0, 0.1) is 0 Å². The number of ketones is 1. The molecule has 0 aliphatic rings. The van der Waals surface area contributed by atoms with Crippen molar-refractivity contribution < 1.29 is 14.3 Å². The molecule has 19 heavy (non-hydrogen) atoms. The summed E-state index contributed by atoms with van der Waals surface area (Å²) < 4.78 is 11.0. The number of hydrogen-bond acceptors (Lipinski definition) is 4. The number of Topliss-reactive ketones (excluding diaryl/α,β-unsaturated/α-hetero) is 1. The van der Waals surface area contributed by atoms with Gasteiger partial charge in [-0.25, -0.2) is 0 Å². The number of carbonyl (C=O) groups is 1. The van der Waals surface area contributed by atoms with Crippen molar-refractivity contribution in [2.45, 2.75) is 0 Å². The minimum atomic E-state index is 0.0969. The van der Waals surface area contributed by atoms with Crippen molar-refractivity contribution >= 4 is 21.7 Å². The molecule has 1 rings (SSSR count). The van der Waals surface area contributed by atoms with Crippen LogP contribution < -0.4 is 0 Å². The van der Waals surface area contributed by atoms with Crippen LogP contribution in [0.4, 0.5) is 0 Å². The molecule has 1 aromatic carbocycles. The Kier molecular flexibility index (Phi) is 7.90. The van der Waals surface area contributed by atoms with Gasteiger partial charge < -0.3 is 9.47 Å². The van der Waals surface area contributed by atoms with E-state index >= 15 is 0 Å². The van der Waals surface area contributed by atoms with Gasteiger partial charge in [0, 0.05) is 37.3 Å². The highest BCUT2D eigenvalue weighted by atomic mass is 79.9. The number of methoxy groups -OCH3 is 2. The molecule has 0 atom stereocenters. The fraction of sp³-hybridized carbons (Fsp3) is 0.500. The van der Waals surface area contributed by atoms with Gasteiger partial charge in [0.25, 0.3) is 0 Å². The van der Waals surface area contributed by atoms with Crippen LogP contribution in [0.1, 0.15) is 10.4 Å². The molecule has 0 aliphatic carbocycles. The van der Waals surface area contributed by atoms with Crippen LogP contribution in [0.25, 0.3) is 0 Å². The molecule has 0 aromatic heterocycles. The summed E-state index contributed by atoms with van der Waals surface area (Å²) in [6, 6.07) is 7.47. The molecule has 106 valence electrons. The van der Waals surface area contributed by atoms with E-state index in [0.717, 1.165) is 17.6 Å². The van der Waals surface area contributed by atoms with E-state index in [0.29, 0.717) is 25.3 Å². The SMILES string of the molecule is COCCN(CCOC)CC(=O)c1ccccc1Br. The average molecular weight is 330 g/mol. The van der Waals surface area contributed by atoms with Crippen molar-refractivity contribution in [1.29, 1.82) is 0 Å². The largest absolute Gasteiger partial charge is 0.383 e. The third-order valence-electron chi connectivity index (χ3n) is 2.76. The molecule has 0 saturated carbocycles. The maximum Gasteiger partial charge on any atom is 0.177 e. The van der Waals surface area contributed by atoms with Crippen molar-refractivity contribution in [2.75, 3.05) is 47.1 Å². The summed E-state index contributed by atoms with van der Waals surface area (Å²) in [5.41, 5.74) is 0.710. The maximum absolute atomic E-state index is 12.2. The Bertz CT molecular complexity index is 390. The summed E-state index contributed by atoms with van der Waals surface area (Å²) in [6.07, 6.45) is 0. The van der Waals surface area contributed by atoms with E-state index in [4.69, 9.17) is 9.47 Å². The van der Waals surface area contributed by atoms with Crippen LogP contribution in [-0.4, -0.2) is 57.8 Å². The first-order valence-electron chi connectivity index (χ1n) is 6.17. The van der Waals surface area contributed by atoms with Crippen LogP contribution in [0.15, 0.2) is 28.7 Å². The molecule has 5 heteroatoms. The van der Waals surface area contributed by atoms with Gasteiger partial charge in [-0.15, -0.1) is 0 Å². The highest BCUT2D eigenvalue weighted by Crippen LogP contribution is 2.16. The van der Waals surface area contributed by atoms with E-state index in [1.54, 1.807) is 14.2 Å². The number of halogens is 1. The average Bonchev–Trinajstić information content (AvgIpc) is 2.42. The Morgan fingerprint density at radius 3 is 2.26 bits per heavy atom. The molecule has 1 aromatic rings. The van der Waals surface area contributed by atoms with Gasteiger partial charge in [0.1, 0.15) is 0 Å². The van der Waals surface area contributed by atoms with Gasteiger partial charge in [-0.1, -0.05) is 34.1 Å². The predicted octanol–water partition coefficient (Wildman–Crippen LogP) is 2.23. The first-order valence-corrected chi connectivity index (χ1v) is 6.96. The Labute approximate surface area is 122 Å². The number of carbonyl (C=O) groups excluding carboxylic acids is 1. The number of nitrogens with zero attached hydrogens (tertiary/aromatic N) is 1. The number of hydrogen-bond donors (Lipinski definition) is 0. The highest BCUT2D eigenvalue weighted by Gasteiger charge is 2.14. The predicted molar refractivity (Wildman–Crippen MR) is 78.7 cm³/mol. The van der Waals surface area contributed by atoms with Gasteiger partial charge in [0.05, 0.1) is 19.8 Å². The Hall–Kier alpha value is -0.750. The minimum Gasteiger partial charge on any atom is -0.383 e. The molecule has 0 bridgehead atoms. The molecule has 4 nitrogen and oxygen atoms in total. The van der Waals surface area contributed by atoms with Crippen molar-refractivity contribution in [1.82, 2.24) is 4.90 Å². The Balaban J connectivity index is 2.61. The third-order valence-corrected chi connectivity index (χ3v) is 3.46. The topological polar surface area (TPSA) is 38.8 Å². The van der Waals surface area contributed by atoms with Gasteiger partial charge in [0.15, 0.2) is 5.78 Å². The zero-order valence-electron chi connectivity index (χ0n) is 11.4. The van der Waals surface area contributed by atoms with Crippen LogP contribution in [-0.2, 0) is 9.47 Å². The molecule has 0 radical (unpaired) electrons. The molecule has 0 amide bonds. The van der Waals surface area contributed by atoms with Gasteiger partial charge >= 0.3 is 0 Å². The second-order valence-electron chi connectivity index (χ2n) is 4.16. The van der Waals surface area contributed by atoms with E-state index in [1.165, 1.54) is 0 Å². The number of ether oxygens (including phenoxy) is 2. The van der Waals surface area contributed by atoms with E-state index in [1.807, 2.05) is 29.2 Å². The summed E-state index contributed by atoms with van der Waals surface area (Å²) in [5.74, 6) is 0.0969. The molecule has 0 fully saturated rings. The summed E-state index contributed by atoms with van der Waals surface area (Å²) in [4.78, 5) is 14.3. The van der Waals surface area contributed by atoms with Gasteiger partial charge in [-0.05, 0) is 6.07 Å². The van der Waals surface area contributed by atoms with Gasteiger partial charge in [0.2, 0.25) is 0 Å². The summed E-state index contributed by atoms with van der Waals surface area (Å²) in [5, 5.41) is 0. The van der Waals surface area contributed by atoms with Crippen LogP contribution in [0.2, 0.25) is 0 Å². The first kappa shape index (κ1) is 16.3. The summed E-state index contributed by atoms with van der Waals surface area (Å²) in [7, 11) is 3.31. The molecule has 0 unspecified atom stereocenters. The second kappa shape index (κ2) is 9.20. The molecule has 0 spiro atoms. The van der Waals surface area contributed by atoms with Crippen molar-refractivity contribution in [2.24, 2.45) is 0 Å². The van der Waals surface area contributed by atoms with Crippen molar-refractivity contribution in [3.63, 3.8) is 0 Å². The first-order chi connectivity index (χ1) is 9.19. The quantitative estimate of drug-likeness (QED) is 0.651. The molecule has 0 saturated heterocycles. The lowest BCUT2D eigenvalue weighted by Crippen LogP contribution is -2.35. The molecule has 0 aliphatic heterocycles. The lowest BCUT2D eigenvalue weighted by molar-refractivity contribution is 0.0836. The maximum atomic E-state index is 12.2. The summed E-state index contributed by atoms with van der Waals surface area (Å²) in [6.45, 7) is 3.02. The van der Waals surface area contributed by atoms with Gasteiger partial charge in [-0.2, -0.15) is 0 Å². The number of benzene rings is 1. The van der Waals surface area contributed by atoms with E-state index in [-0.39, 0.29) is 5.78 Å². The fourth-order valence-corrected chi connectivity index (χ4v) is 2.19.